The van der Waals surface area contributed by atoms with Crippen LogP contribution in [0.3, 0.4) is 0 Å². The Hall–Kier alpha value is -1.75. The lowest BCUT2D eigenvalue weighted by molar-refractivity contribution is -0.184. The molecule has 0 saturated carbocycles. The molecule has 0 fully saturated rings. The maximum absolute atomic E-state index is 11.4. The van der Waals surface area contributed by atoms with Gasteiger partial charge >= 0.3 is 0 Å². The Morgan fingerprint density at radius 2 is 1.95 bits per heavy atom. The van der Waals surface area contributed by atoms with Crippen LogP contribution in [0.25, 0.3) is 10.4 Å². The van der Waals surface area contributed by atoms with E-state index < -0.39 is 42.5 Å². The minimum atomic E-state index is -3.13. The van der Waals surface area contributed by atoms with Gasteiger partial charge in [-0.15, -0.1) is 0 Å². The minimum absolute atomic E-state index is 0.885. The fourth-order valence-electron chi connectivity index (χ4n) is 1.20. The molecule has 0 radical (unpaired) electrons. The summed E-state index contributed by atoms with van der Waals surface area (Å²) in [5, 5.41) is 50.6. The molecule has 0 aliphatic heterocycles. The molecule has 19 heavy (non-hydrogen) atoms. The number of nitrogens with one attached hydrogen (secondary N) is 1. The first kappa shape index (κ1) is 17.2. The molecule has 4 atom stereocenters. The Kier molecular flexibility index (Phi) is 6.35. The molecule has 11 nitrogen and oxygen atoms in total. The Bertz CT molecular complexity index is 397. The predicted octanol–water partition coefficient (Wildman–Crippen LogP) is -3.28. The highest BCUT2D eigenvalue weighted by Gasteiger charge is 2.48. The standard InChI is InChI=1S/C8H14N4O7/c1-3(14)10-8(19,7(18)11-12-9)6(17)5(16)4(15)2-13/h4-6,13,15-17,19H,2H2,1H3,(H,10,14)/t4-,5-,6+,8+/m1/s1. The number of carbonyl (C=O) groups is 2. The van der Waals surface area contributed by atoms with Crippen molar-refractivity contribution in [1.29, 1.82) is 0 Å². The van der Waals surface area contributed by atoms with Crippen LogP contribution in [0.15, 0.2) is 5.11 Å². The normalized spacial score (nSPS) is 18.4. The average molecular weight is 278 g/mol. The topological polar surface area (TPSA) is 196 Å². The molecule has 0 aromatic rings. The second-order valence-electron chi connectivity index (χ2n) is 3.63. The molecule has 0 bridgehead atoms. The van der Waals surface area contributed by atoms with Crippen molar-refractivity contribution in [3.05, 3.63) is 10.4 Å². The Balaban J connectivity index is 5.40. The summed E-state index contributed by atoms with van der Waals surface area (Å²) in [5.41, 5.74) is 4.96. The molecule has 0 unspecified atom stereocenters. The summed E-state index contributed by atoms with van der Waals surface area (Å²) < 4.78 is 0. The molecule has 0 heterocycles. The van der Waals surface area contributed by atoms with E-state index in [1.807, 2.05) is 0 Å². The molecule has 0 aromatic heterocycles. The average Bonchev–Trinajstić information content (AvgIpc) is 2.35. The third-order valence-corrected chi connectivity index (χ3v) is 2.16. The van der Waals surface area contributed by atoms with Crippen molar-refractivity contribution in [2.45, 2.75) is 31.0 Å². The summed E-state index contributed by atoms with van der Waals surface area (Å²) in [6.07, 6.45) is -6.51. The number of azide groups is 1. The van der Waals surface area contributed by atoms with Gasteiger partial charge < -0.3 is 30.8 Å². The zero-order chi connectivity index (χ0) is 15.2. The molecule has 0 spiro atoms. The van der Waals surface area contributed by atoms with Gasteiger partial charge in [-0.3, -0.25) is 9.59 Å². The van der Waals surface area contributed by atoms with Gasteiger partial charge in [0.25, 0.3) is 5.91 Å². The van der Waals surface area contributed by atoms with Crippen LogP contribution >= 0.6 is 0 Å². The predicted molar refractivity (Wildman–Crippen MR) is 58.0 cm³/mol. The minimum Gasteiger partial charge on any atom is -0.394 e. The van der Waals surface area contributed by atoms with Crippen molar-refractivity contribution >= 4 is 11.8 Å². The van der Waals surface area contributed by atoms with E-state index in [4.69, 9.17) is 15.7 Å². The molecule has 108 valence electrons. The highest BCUT2D eigenvalue weighted by Crippen LogP contribution is 2.16. The molecule has 6 N–H and O–H groups in total. The van der Waals surface area contributed by atoms with Crippen LogP contribution in [0.1, 0.15) is 6.92 Å². The Morgan fingerprint density at radius 1 is 1.42 bits per heavy atom. The number of carbonyl (C=O) groups excluding carboxylic acids is 2. The van der Waals surface area contributed by atoms with Crippen LogP contribution in [0, 0.1) is 0 Å². The molecule has 0 aliphatic carbocycles. The fraction of sp³-hybridized carbons (Fsp3) is 0.750. The van der Waals surface area contributed by atoms with E-state index in [9.17, 15) is 24.9 Å². The van der Waals surface area contributed by atoms with Gasteiger partial charge in [0.2, 0.25) is 11.6 Å². The first-order chi connectivity index (χ1) is 8.70. The number of aliphatic hydroxyl groups is 5. The van der Waals surface area contributed by atoms with Gasteiger partial charge in [-0.05, 0) is 10.6 Å². The van der Waals surface area contributed by atoms with Gasteiger partial charge in [-0.25, -0.2) is 0 Å². The smallest absolute Gasteiger partial charge is 0.273 e. The Labute approximate surface area is 106 Å². The van der Waals surface area contributed by atoms with Crippen LogP contribution in [0.2, 0.25) is 0 Å². The number of hydrogen-bond acceptors (Lipinski definition) is 7. The van der Waals surface area contributed by atoms with Crippen molar-refractivity contribution in [1.82, 2.24) is 5.32 Å². The quantitative estimate of drug-likeness (QED) is 0.127. The number of amides is 2. The first-order valence-electron chi connectivity index (χ1n) is 4.96. The first-order valence-corrected chi connectivity index (χ1v) is 4.96. The van der Waals surface area contributed by atoms with E-state index in [0.717, 1.165) is 6.92 Å². The zero-order valence-corrected chi connectivity index (χ0v) is 9.83. The van der Waals surface area contributed by atoms with Gasteiger partial charge in [0.15, 0.2) is 0 Å². The summed E-state index contributed by atoms with van der Waals surface area (Å²) in [5.74, 6) is -2.67. The number of hydrogen-bond donors (Lipinski definition) is 6. The molecule has 0 aliphatic rings. The van der Waals surface area contributed by atoms with Crippen molar-refractivity contribution in [3.63, 3.8) is 0 Å². The third kappa shape index (κ3) is 4.13. The van der Waals surface area contributed by atoms with Gasteiger partial charge in [0.05, 0.1) is 6.61 Å². The largest absolute Gasteiger partial charge is 0.394 e. The van der Waals surface area contributed by atoms with Crippen molar-refractivity contribution in [3.8, 4) is 0 Å². The van der Waals surface area contributed by atoms with Crippen molar-refractivity contribution in [2.24, 2.45) is 5.11 Å². The molecule has 0 saturated heterocycles. The van der Waals surface area contributed by atoms with Crippen LogP contribution in [0.5, 0.6) is 0 Å². The lowest BCUT2D eigenvalue weighted by atomic mass is 9.97. The monoisotopic (exact) mass is 278 g/mol. The second-order valence-corrected chi connectivity index (χ2v) is 3.63. The van der Waals surface area contributed by atoms with E-state index in [1.54, 1.807) is 5.32 Å². The van der Waals surface area contributed by atoms with Gasteiger partial charge in [0, 0.05) is 11.8 Å². The van der Waals surface area contributed by atoms with E-state index >= 15 is 0 Å². The lowest BCUT2D eigenvalue weighted by Gasteiger charge is -2.34. The number of aliphatic hydroxyl groups excluding tert-OH is 4. The van der Waals surface area contributed by atoms with E-state index in [1.165, 1.54) is 0 Å². The number of rotatable bonds is 6. The fourth-order valence-corrected chi connectivity index (χ4v) is 1.20. The van der Waals surface area contributed by atoms with Gasteiger partial charge in [0.1, 0.15) is 18.3 Å². The maximum atomic E-state index is 11.4. The number of nitrogens with zero attached hydrogens (tertiary/aromatic N) is 3. The maximum Gasteiger partial charge on any atom is 0.273 e. The SMILES string of the molecule is CC(=O)N[C@@](O)(C(=O)N=[N+]=[N-])[C@@H](O)[C@H](O)[C@H](O)CO. The molecule has 0 aromatic carbocycles. The van der Waals surface area contributed by atoms with Crippen LogP contribution in [-0.4, -0.2) is 68.0 Å². The Morgan fingerprint density at radius 3 is 2.32 bits per heavy atom. The summed E-state index contributed by atoms with van der Waals surface area (Å²) in [6, 6.07) is 0. The van der Waals surface area contributed by atoms with Gasteiger partial charge in [-0.1, -0.05) is 0 Å². The third-order valence-electron chi connectivity index (χ3n) is 2.16. The summed E-state index contributed by atoms with van der Waals surface area (Å²) >= 11 is 0. The molecule has 0 rings (SSSR count). The zero-order valence-electron chi connectivity index (χ0n) is 9.83. The van der Waals surface area contributed by atoms with E-state index in [-0.39, 0.29) is 0 Å². The highest BCUT2D eigenvalue weighted by atomic mass is 16.4. The summed E-state index contributed by atoms with van der Waals surface area (Å²) in [4.78, 5) is 24.3. The van der Waals surface area contributed by atoms with E-state index in [0.29, 0.717) is 0 Å². The lowest BCUT2D eigenvalue weighted by Crippen LogP contribution is -2.66. The summed E-state index contributed by atoms with van der Waals surface area (Å²) in [6.45, 7) is -0.0972. The molecular weight excluding hydrogens is 264 g/mol. The van der Waals surface area contributed by atoms with Crippen LogP contribution in [-0.2, 0) is 9.59 Å². The van der Waals surface area contributed by atoms with Crippen LogP contribution in [0.4, 0.5) is 0 Å². The summed E-state index contributed by atoms with van der Waals surface area (Å²) in [7, 11) is 0. The highest BCUT2D eigenvalue weighted by molar-refractivity contribution is 5.90. The van der Waals surface area contributed by atoms with Crippen molar-refractivity contribution in [2.75, 3.05) is 6.61 Å². The van der Waals surface area contributed by atoms with E-state index in [2.05, 4.69) is 10.0 Å². The van der Waals surface area contributed by atoms with Crippen LogP contribution < -0.4 is 5.32 Å². The second kappa shape index (κ2) is 6.99. The van der Waals surface area contributed by atoms with Crippen molar-refractivity contribution < 1.29 is 35.1 Å². The molecule has 2 amide bonds. The molecular formula is C8H14N4O7. The van der Waals surface area contributed by atoms with Gasteiger partial charge in [-0.2, -0.15) is 0 Å². The molecule has 11 heteroatoms.